The number of hydrogen-bond acceptors (Lipinski definition) is 7. The van der Waals surface area contributed by atoms with Crippen LogP contribution in [-0.4, -0.2) is 59.3 Å². The van der Waals surface area contributed by atoms with Crippen LogP contribution in [0.25, 0.3) is 0 Å². The molecule has 2 heterocycles. The largest absolute Gasteiger partial charge is 0.493 e. The van der Waals surface area contributed by atoms with Crippen molar-refractivity contribution in [2.75, 3.05) is 19.7 Å². The third-order valence-electron chi connectivity index (χ3n) is 5.65. The molecule has 1 fully saturated rings. The molecule has 33 heavy (non-hydrogen) atoms. The highest BCUT2D eigenvalue weighted by molar-refractivity contribution is 7.89. The molecule has 0 radical (unpaired) electrons. The third-order valence-corrected chi connectivity index (χ3v) is 7.60. The molecular weight excluding hydrogens is 473 g/mol. The molecule has 1 aliphatic rings. The Morgan fingerprint density at radius 3 is 2.70 bits per heavy atom. The third kappa shape index (κ3) is 5.45. The Balaban J connectivity index is 1.86. The predicted octanol–water partition coefficient (Wildman–Crippen LogP) is 2.58. The highest BCUT2D eigenvalue weighted by Crippen LogP contribution is 2.36. The standard InChI is InChI=1S/C22H25ClFN3O5S/c1-14(2)7-20(28)22(29)13-27(33(30,31)21-6-4-17(23)10-26-21)11-16(22)12-32-18-5-3-15(9-25)19(24)8-18/h3-6,8,10,14,16,20,28-29H,7,11-13H2,1-2H3/t16-,20+,22+/m1/s1. The highest BCUT2D eigenvalue weighted by atomic mass is 35.5. The maximum Gasteiger partial charge on any atom is 0.260 e. The summed E-state index contributed by atoms with van der Waals surface area (Å²) in [4.78, 5) is 3.88. The minimum absolute atomic E-state index is 0.0433. The molecule has 1 aromatic carbocycles. The zero-order valence-electron chi connectivity index (χ0n) is 18.1. The van der Waals surface area contributed by atoms with Crippen LogP contribution < -0.4 is 4.74 Å². The van der Waals surface area contributed by atoms with Crippen molar-refractivity contribution in [2.24, 2.45) is 11.8 Å². The van der Waals surface area contributed by atoms with Crippen molar-refractivity contribution < 1.29 is 27.8 Å². The lowest BCUT2D eigenvalue weighted by Crippen LogP contribution is -2.51. The van der Waals surface area contributed by atoms with E-state index in [4.69, 9.17) is 21.6 Å². The van der Waals surface area contributed by atoms with Gasteiger partial charge in [-0.15, -0.1) is 0 Å². The number of aliphatic hydroxyl groups is 2. The lowest BCUT2D eigenvalue weighted by molar-refractivity contribution is -0.105. The minimum atomic E-state index is -4.08. The summed E-state index contributed by atoms with van der Waals surface area (Å²) in [7, 11) is -4.08. The number of nitrogens with zero attached hydrogens (tertiary/aromatic N) is 3. The van der Waals surface area contributed by atoms with Gasteiger partial charge in [0.15, 0.2) is 5.03 Å². The molecule has 0 spiro atoms. The lowest BCUT2D eigenvalue weighted by Gasteiger charge is -2.34. The normalized spacial score (nSPS) is 22.3. The van der Waals surface area contributed by atoms with Crippen LogP contribution in [-0.2, 0) is 10.0 Å². The Morgan fingerprint density at radius 1 is 1.39 bits per heavy atom. The van der Waals surface area contributed by atoms with Gasteiger partial charge in [-0.3, -0.25) is 0 Å². The Bertz CT molecular complexity index is 1140. The number of nitriles is 1. The number of sulfonamides is 1. The second-order valence-corrected chi connectivity index (χ2v) is 10.8. The molecule has 0 aliphatic carbocycles. The number of rotatable bonds is 8. The van der Waals surface area contributed by atoms with E-state index in [9.17, 15) is 23.0 Å². The van der Waals surface area contributed by atoms with E-state index in [1.54, 1.807) is 6.07 Å². The highest BCUT2D eigenvalue weighted by Gasteiger charge is 2.53. The summed E-state index contributed by atoms with van der Waals surface area (Å²) < 4.78 is 46.8. The van der Waals surface area contributed by atoms with Crippen LogP contribution in [0.1, 0.15) is 25.8 Å². The molecule has 0 amide bonds. The van der Waals surface area contributed by atoms with Crippen molar-refractivity contribution in [2.45, 2.75) is 37.0 Å². The monoisotopic (exact) mass is 497 g/mol. The van der Waals surface area contributed by atoms with Gasteiger partial charge in [-0.25, -0.2) is 17.8 Å². The predicted molar refractivity (Wildman–Crippen MR) is 119 cm³/mol. The number of halogens is 2. The first-order valence-corrected chi connectivity index (χ1v) is 12.1. The summed E-state index contributed by atoms with van der Waals surface area (Å²) in [6, 6.07) is 8.10. The SMILES string of the molecule is CC(C)C[C@H](O)[C@]1(O)CN(S(=O)(=O)c2ccc(Cl)cn2)C[C@@H]1COc1ccc(C#N)c(F)c1. The summed E-state index contributed by atoms with van der Waals surface area (Å²) in [6.07, 6.45) is 0.234. The quantitative estimate of drug-likeness (QED) is 0.574. The van der Waals surface area contributed by atoms with Crippen LogP contribution >= 0.6 is 11.6 Å². The maximum absolute atomic E-state index is 13.9. The molecule has 0 bridgehead atoms. The van der Waals surface area contributed by atoms with Crippen molar-refractivity contribution in [1.82, 2.24) is 9.29 Å². The van der Waals surface area contributed by atoms with E-state index in [1.165, 1.54) is 30.5 Å². The van der Waals surface area contributed by atoms with Crippen molar-refractivity contribution >= 4 is 21.6 Å². The summed E-state index contributed by atoms with van der Waals surface area (Å²) in [5, 5.41) is 31.1. The smallest absolute Gasteiger partial charge is 0.260 e. The molecule has 0 saturated carbocycles. The van der Waals surface area contributed by atoms with Gasteiger partial charge in [-0.2, -0.15) is 9.57 Å². The van der Waals surface area contributed by atoms with E-state index in [0.717, 1.165) is 10.4 Å². The second kappa shape index (κ2) is 9.91. The minimum Gasteiger partial charge on any atom is -0.493 e. The molecule has 0 unspecified atom stereocenters. The molecule has 178 valence electrons. The zero-order valence-corrected chi connectivity index (χ0v) is 19.7. The van der Waals surface area contributed by atoms with Gasteiger partial charge in [0.2, 0.25) is 0 Å². The van der Waals surface area contributed by atoms with Crippen LogP contribution in [0.3, 0.4) is 0 Å². The Morgan fingerprint density at radius 2 is 2.12 bits per heavy atom. The molecule has 3 atom stereocenters. The van der Waals surface area contributed by atoms with Gasteiger partial charge in [0.1, 0.15) is 23.2 Å². The fourth-order valence-corrected chi connectivity index (χ4v) is 5.36. The molecule has 1 aliphatic heterocycles. The van der Waals surface area contributed by atoms with Gasteiger partial charge in [0.05, 0.1) is 23.3 Å². The molecule has 1 saturated heterocycles. The average molecular weight is 498 g/mol. The van der Waals surface area contributed by atoms with Crippen molar-refractivity contribution in [3.63, 3.8) is 0 Å². The fourth-order valence-electron chi connectivity index (χ4n) is 3.81. The molecule has 3 rings (SSSR count). The average Bonchev–Trinajstić information content (AvgIpc) is 3.11. The van der Waals surface area contributed by atoms with Crippen molar-refractivity contribution in [3.8, 4) is 11.8 Å². The molecular formula is C22H25ClFN3O5S. The first kappa shape index (κ1) is 25.3. The maximum atomic E-state index is 13.9. The number of hydrogen-bond donors (Lipinski definition) is 2. The number of β-amino-alcohol motifs (C(OH)–C–C–N with tert-alkyl or cyclic N) is 1. The summed E-state index contributed by atoms with van der Waals surface area (Å²) >= 11 is 5.80. The van der Waals surface area contributed by atoms with Gasteiger partial charge >= 0.3 is 0 Å². The van der Waals surface area contributed by atoms with E-state index in [0.29, 0.717) is 0 Å². The van der Waals surface area contributed by atoms with Crippen LogP contribution in [0.5, 0.6) is 5.75 Å². The van der Waals surface area contributed by atoms with Crippen LogP contribution in [0.2, 0.25) is 5.02 Å². The van der Waals surface area contributed by atoms with Gasteiger partial charge < -0.3 is 14.9 Å². The summed E-state index contributed by atoms with van der Waals surface area (Å²) in [5.74, 6) is -1.41. The number of aliphatic hydroxyl groups excluding tert-OH is 1. The van der Waals surface area contributed by atoms with E-state index in [1.807, 2.05) is 13.8 Å². The summed E-state index contributed by atoms with van der Waals surface area (Å²) in [6.45, 7) is 3.06. The second-order valence-electron chi connectivity index (χ2n) is 8.51. The number of benzene rings is 1. The zero-order chi connectivity index (χ0) is 24.4. The van der Waals surface area contributed by atoms with E-state index < -0.39 is 33.5 Å². The Labute approximate surface area is 197 Å². The van der Waals surface area contributed by atoms with Gasteiger partial charge in [0, 0.05) is 31.3 Å². The van der Waals surface area contributed by atoms with Gasteiger partial charge in [-0.05, 0) is 36.6 Å². The van der Waals surface area contributed by atoms with E-state index in [2.05, 4.69) is 4.98 Å². The van der Waals surface area contributed by atoms with Crippen LogP contribution in [0.4, 0.5) is 4.39 Å². The molecule has 2 N–H and O–H groups in total. The first-order chi connectivity index (χ1) is 15.5. The van der Waals surface area contributed by atoms with E-state index >= 15 is 0 Å². The number of pyridine rings is 1. The van der Waals surface area contributed by atoms with Crippen LogP contribution in [0, 0.1) is 29.0 Å². The lowest BCUT2D eigenvalue weighted by atomic mass is 9.82. The molecule has 8 nitrogen and oxygen atoms in total. The number of aromatic nitrogens is 1. The molecule has 11 heteroatoms. The number of ether oxygens (including phenoxy) is 1. The van der Waals surface area contributed by atoms with Gasteiger partial charge in [0.25, 0.3) is 10.0 Å². The Hall–Kier alpha value is -2.29. The van der Waals surface area contributed by atoms with Crippen molar-refractivity contribution in [3.05, 3.63) is 52.9 Å². The molecule has 1 aromatic heterocycles. The first-order valence-electron chi connectivity index (χ1n) is 10.3. The van der Waals surface area contributed by atoms with E-state index in [-0.39, 0.29) is 53.4 Å². The molecule has 2 aromatic rings. The Kier molecular flexibility index (Phi) is 7.61. The fraction of sp³-hybridized carbons (Fsp3) is 0.455. The van der Waals surface area contributed by atoms with Gasteiger partial charge in [-0.1, -0.05) is 25.4 Å². The van der Waals surface area contributed by atoms with Crippen LogP contribution in [0.15, 0.2) is 41.6 Å². The summed E-state index contributed by atoms with van der Waals surface area (Å²) in [5.41, 5.74) is -1.94. The van der Waals surface area contributed by atoms with Crippen molar-refractivity contribution in [1.29, 1.82) is 5.26 Å². The topological polar surface area (TPSA) is 124 Å².